The molecule has 0 saturated heterocycles. The summed E-state index contributed by atoms with van der Waals surface area (Å²) in [6.45, 7) is 18.1. The van der Waals surface area contributed by atoms with Crippen molar-refractivity contribution in [1.82, 2.24) is 10.3 Å². The molecule has 4 N–H and O–H groups in total. The van der Waals surface area contributed by atoms with Crippen LogP contribution in [0.3, 0.4) is 0 Å². The molecule has 0 radical (unpaired) electrons. The van der Waals surface area contributed by atoms with Gasteiger partial charge in [-0.25, -0.2) is 5.84 Å². The third-order valence-corrected chi connectivity index (χ3v) is 12.6. The highest BCUT2D eigenvalue weighted by Gasteiger charge is 2.14. The highest BCUT2D eigenvalue weighted by atomic mass is 16.5. The van der Waals surface area contributed by atoms with Crippen LogP contribution in [0.25, 0.3) is 0 Å². The van der Waals surface area contributed by atoms with Gasteiger partial charge in [-0.3, -0.25) is 14.6 Å². The molecule has 0 fully saturated rings. The topological polar surface area (TPSA) is 130 Å². The second-order valence-electron chi connectivity index (χ2n) is 18.1. The maximum Gasteiger partial charge on any atom is 0.305 e. The number of amidine groups is 1. The Bertz CT molecular complexity index is 948. The van der Waals surface area contributed by atoms with Crippen molar-refractivity contribution in [3.05, 3.63) is 0 Å². The van der Waals surface area contributed by atoms with E-state index in [9.17, 15) is 9.59 Å². The Balaban J connectivity index is 4.60. The Labute approximate surface area is 372 Å². The normalized spacial score (nSPS) is 12.5. The summed E-state index contributed by atoms with van der Waals surface area (Å²) in [4.78, 5) is 32.1. The fraction of sp³-hybridized carbons (Fsp3) is 0.922. The molecule has 0 spiro atoms. The number of hydrogen-bond donors (Lipinski definition) is 3. The van der Waals surface area contributed by atoms with Crippen molar-refractivity contribution in [2.75, 3.05) is 39.4 Å². The summed E-state index contributed by atoms with van der Waals surface area (Å²) in [5.74, 6) is 7.71. The second-order valence-corrected chi connectivity index (χ2v) is 18.1. The minimum absolute atomic E-state index is 0.0217. The zero-order valence-electron chi connectivity index (χ0n) is 40.7. The molecule has 1 unspecified atom stereocenters. The second kappa shape index (κ2) is 43.6. The molecule has 0 aliphatic rings. The number of esters is 2. The first kappa shape index (κ1) is 58.0. The molecular formula is C51H101N5O4. The number of nitrogens with one attached hydrogen (secondary N) is 2. The fourth-order valence-electron chi connectivity index (χ4n) is 8.16. The van der Waals surface area contributed by atoms with Gasteiger partial charge < -0.3 is 25.2 Å². The molecule has 9 heteroatoms. The standard InChI is InChI=1S/C51H101N5O4/c1-7-12-22-31-46(32-23-13-8-2)37-43-59-48(57)35-26-18-16-20-28-40-56(42-30-39-54-51(55-53)50(52)45(6)11-5)41-29-21-17-19-27-36-49(58)60-44-38-47(33-24-14-9-3)34-25-15-10-4/h45-47,52H,7-44,53H2,1-6H3,(H,54,55). The zero-order chi connectivity index (χ0) is 44.3. The molecule has 0 amide bonds. The molecule has 0 bridgehead atoms. The highest BCUT2D eigenvalue weighted by Crippen LogP contribution is 2.23. The fourth-order valence-corrected chi connectivity index (χ4v) is 8.16. The SMILES string of the molecule is CCCCCC(CCCCC)CCOC(=O)CCCCCCCN(CCCCCCCC(=O)OCCC(CCCCC)CCCCC)CCCN=C(NN)C(=N)C(C)CC. The first-order chi connectivity index (χ1) is 29.3. The van der Waals surface area contributed by atoms with Crippen LogP contribution in [-0.4, -0.2) is 67.8 Å². The van der Waals surface area contributed by atoms with Gasteiger partial charge in [0.05, 0.1) is 18.9 Å². The summed E-state index contributed by atoms with van der Waals surface area (Å²) in [7, 11) is 0. The average molecular weight is 848 g/mol. The number of nitrogens with zero attached hydrogens (tertiary/aromatic N) is 2. The van der Waals surface area contributed by atoms with Crippen LogP contribution in [0.5, 0.6) is 0 Å². The van der Waals surface area contributed by atoms with Crippen molar-refractivity contribution in [3.63, 3.8) is 0 Å². The molecule has 0 saturated carbocycles. The van der Waals surface area contributed by atoms with Gasteiger partial charge in [0, 0.05) is 25.3 Å². The highest BCUT2D eigenvalue weighted by molar-refractivity contribution is 6.40. The first-order valence-corrected chi connectivity index (χ1v) is 25.9. The largest absolute Gasteiger partial charge is 0.466 e. The lowest BCUT2D eigenvalue weighted by Crippen LogP contribution is -2.39. The van der Waals surface area contributed by atoms with Crippen molar-refractivity contribution >= 4 is 23.5 Å². The van der Waals surface area contributed by atoms with E-state index in [-0.39, 0.29) is 17.9 Å². The van der Waals surface area contributed by atoms with Crippen LogP contribution in [0.15, 0.2) is 4.99 Å². The van der Waals surface area contributed by atoms with Gasteiger partial charge in [0.15, 0.2) is 5.84 Å². The Hall–Kier alpha value is -2.00. The van der Waals surface area contributed by atoms with Crippen molar-refractivity contribution in [2.24, 2.45) is 28.6 Å². The number of carbonyl (C=O) groups excluding carboxylic acids is 2. The van der Waals surface area contributed by atoms with E-state index in [1.807, 2.05) is 6.92 Å². The quantitative estimate of drug-likeness (QED) is 0.0139. The minimum Gasteiger partial charge on any atom is -0.466 e. The van der Waals surface area contributed by atoms with E-state index >= 15 is 0 Å². The summed E-state index contributed by atoms with van der Waals surface area (Å²) in [6, 6.07) is 0. The Morgan fingerprint density at radius 2 is 0.933 bits per heavy atom. The van der Waals surface area contributed by atoms with E-state index in [0.29, 0.717) is 56.0 Å². The molecule has 0 aromatic rings. The van der Waals surface area contributed by atoms with Gasteiger partial charge in [0.2, 0.25) is 0 Å². The van der Waals surface area contributed by atoms with Crippen LogP contribution >= 0.6 is 0 Å². The summed E-state index contributed by atoms with van der Waals surface area (Å²) < 4.78 is 11.3. The van der Waals surface area contributed by atoms with Crippen molar-refractivity contribution in [1.29, 1.82) is 5.41 Å². The average Bonchev–Trinajstić information content (AvgIpc) is 3.24. The third kappa shape index (κ3) is 35.6. The predicted molar refractivity (Wildman–Crippen MR) is 258 cm³/mol. The van der Waals surface area contributed by atoms with E-state index in [1.54, 1.807) is 0 Å². The molecule has 0 aromatic heterocycles. The number of unbranched alkanes of at least 4 members (excludes halogenated alkanes) is 16. The zero-order valence-corrected chi connectivity index (χ0v) is 40.7. The first-order valence-electron chi connectivity index (χ1n) is 25.9. The monoisotopic (exact) mass is 848 g/mol. The van der Waals surface area contributed by atoms with Crippen molar-refractivity contribution in [3.8, 4) is 0 Å². The van der Waals surface area contributed by atoms with Crippen LogP contribution in [0.2, 0.25) is 0 Å². The Morgan fingerprint density at radius 1 is 0.550 bits per heavy atom. The van der Waals surface area contributed by atoms with Gasteiger partial charge >= 0.3 is 11.9 Å². The summed E-state index contributed by atoms with van der Waals surface area (Å²) in [5, 5.41) is 8.40. The van der Waals surface area contributed by atoms with Gasteiger partial charge in [0.25, 0.3) is 0 Å². The number of ether oxygens (including phenoxy) is 2. The molecule has 60 heavy (non-hydrogen) atoms. The van der Waals surface area contributed by atoms with Gasteiger partial charge in [-0.2, -0.15) is 0 Å². The lowest BCUT2D eigenvalue weighted by Gasteiger charge is -2.22. The molecule has 0 aliphatic carbocycles. The molecule has 0 aromatic carbocycles. The van der Waals surface area contributed by atoms with Crippen LogP contribution in [0.1, 0.15) is 247 Å². The van der Waals surface area contributed by atoms with E-state index in [2.05, 4.69) is 49.9 Å². The molecule has 9 nitrogen and oxygen atoms in total. The molecular weight excluding hydrogens is 747 g/mol. The van der Waals surface area contributed by atoms with Crippen molar-refractivity contribution < 1.29 is 19.1 Å². The predicted octanol–water partition coefficient (Wildman–Crippen LogP) is 13.7. The number of carbonyl (C=O) groups is 2. The maximum absolute atomic E-state index is 12.5. The van der Waals surface area contributed by atoms with Crippen LogP contribution < -0.4 is 11.3 Å². The van der Waals surface area contributed by atoms with Crippen LogP contribution in [-0.2, 0) is 19.1 Å². The van der Waals surface area contributed by atoms with Gasteiger partial charge in [0.1, 0.15) is 0 Å². The summed E-state index contributed by atoms with van der Waals surface area (Å²) in [6.07, 6.45) is 36.4. The summed E-state index contributed by atoms with van der Waals surface area (Å²) in [5.41, 5.74) is 3.13. The molecule has 0 heterocycles. The molecule has 0 aliphatic heterocycles. The van der Waals surface area contributed by atoms with Crippen LogP contribution in [0, 0.1) is 23.2 Å². The van der Waals surface area contributed by atoms with Gasteiger partial charge in [-0.15, -0.1) is 0 Å². The molecule has 354 valence electrons. The van der Waals surface area contributed by atoms with Gasteiger partial charge in [-0.1, -0.05) is 183 Å². The number of aliphatic imine (C=N–C) groups is 1. The number of hydrogen-bond acceptors (Lipinski definition) is 8. The Kier molecular flexibility index (Phi) is 42.2. The third-order valence-electron chi connectivity index (χ3n) is 12.6. The molecule has 1 atom stereocenters. The van der Waals surface area contributed by atoms with E-state index in [0.717, 1.165) is 96.7 Å². The van der Waals surface area contributed by atoms with E-state index in [4.69, 9.17) is 20.7 Å². The van der Waals surface area contributed by atoms with Crippen molar-refractivity contribution in [2.45, 2.75) is 247 Å². The van der Waals surface area contributed by atoms with Gasteiger partial charge in [-0.05, 0) is 82.8 Å². The minimum atomic E-state index is -0.0217. The smallest absolute Gasteiger partial charge is 0.305 e. The Morgan fingerprint density at radius 3 is 1.32 bits per heavy atom. The van der Waals surface area contributed by atoms with E-state index < -0.39 is 0 Å². The van der Waals surface area contributed by atoms with Crippen LogP contribution in [0.4, 0.5) is 0 Å². The lowest BCUT2D eigenvalue weighted by molar-refractivity contribution is -0.145. The maximum atomic E-state index is 12.5. The number of hydrazine groups is 1. The number of nitrogens with two attached hydrogens (primary N) is 1. The molecule has 0 rings (SSSR count). The lowest BCUT2D eigenvalue weighted by atomic mass is 9.92. The van der Waals surface area contributed by atoms with E-state index in [1.165, 1.54) is 116 Å². The number of rotatable bonds is 45. The summed E-state index contributed by atoms with van der Waals surface area (Å²) >= 11 is 0.